The number of carbonyl (C=O) groups excluding carboxylic acids is 1. The summed E-state index contributed by atoms with van der Waals surface area (Å²) >= 11 is 0. The second-order valence-electron chi connectivity index (χ2n) is 5.61. The summed E-state index contributed by atoms with van der Waals surface area (Å²) in [4.78, 5) is 12.2. The molecule has 98 valence electrons. The van der Waals surface area contributed by atoms with Gasteiger partial charge in [0.15, 0.2) is 0 Å². The number of aryl methyl sites for hydroxylation is 1. The standard InChI is InChI=1S/C15H22N2O/c1-11-7-15(8-11,10-16)14(18)17-9-13-6-4-3-5-12(13)2/h3-6,11H,7-10,16H2,1-2H3,(H,17,18). The normalized spacial score (nSPS) is 26.5. The molecule has 0 atom stereocenters. The highest BCUT2D eigenvalue weighted by Gasteiger charge is 2.46. The minimum atomic E-state index is -0.303. The van der Waals surface area contributed by atoms with Crippen molar-refractivity contribution in [1.82, 2.24) is 5.32 Å². The fourth-order valence-corrected chi connectivity index (χ4v) is 2.89. The summed E-state index contributed by atoms with van der Waals surface area (Å²) in [5.74, 6) is 0.740. The van der Waals surface area contributed by atoms with E-state index in [1.165, 1.54) is 11.1 Å². The monoisotopic (exact) mass is 246 g/mol. The molecule has 3 heteroatoms. The van der Waals surface area contributed by atoms with Gasteiger partial charge in [-0.3, -0.25) is 4.79 Å². The molecule has 0 radical (unpaired) electrons. The average molecular weight is 246 g/mol. The Balaban J connectivity index is 1.95. The van der Waals surface area contributed by atoms with Crippen LogP contribution in [0.25, 0.3) is 0 Å². The summed E-state index contributed by atoms with van der Waals surface area (Å²) < 4.78 is 0. The van der Waals surface area contributed by atoms with Crippen LogP contribution in [-0.2, 0) is 11.3 Å². The molecule has 18 heavy (non-hydrogen) atoms. The van der Waals surface area contributed by atoms with Gasteiger partial charge in [-0.1, -0.05) is 31.2 Å². The fraction of sp³-hybridized carbons (Fsp3) is 0.533. The first-order chi connectivity index (χ1) is 8.57. The molecule has 0 aliphatic heterocycles. The van der Waals surface area contributed by atoms with Crippen molar-refractivity contribution in [2.45, 2.75) is 33.2 Å². The van der Waals surface area contributed by atoms with Crippen molar-refractivity contribution in [3.05, 3.63) is 35.4 Å². The molecule has 0 aromatic heterocycles. The van der Waals surface area contributed by atoms with Gasteiger partial charge in [0.05, 0.1) is 5.41 Å². The number of benzene rings is 1. The van der Waals surface area contributed by atoms with Crippen LogP contribution < -0.4 is 11.1 Å². The number of hydrogen-bond acceptors (Lipinski definition) is 2. The van der Waals surface area contributed by atoms with Crippen LogP contribution >= 0.6 is 0 Å². The van der Waals surface area contributed by atoms with E-state index in [-0.39, 0.29) is 11.3 Å². The predicted molar refractivity (Wildman–Crippen MR) is 72.9 cm³/mol. The average Bonchev–Trinajstić information content (AvgIpc) is 2.33. The summed E-state index contributed by atoms with van der Waals surface area (Å²) in [6.45, 7) is 5.28. The summed E-state index contributed by atoms with van der Waals surface area (Å²) in [5, 5.41) is 3.04. The zero-order chi connectivity index (χ0) is 13.2. The van der Waals surface area contributed by atoms with Gasteiger partial charge in [0, 0.05) is 13.1 Å². The SMILES string of the molecule is Cc1ccccc1CNC(=O)C1(CN)CC(C)C1. The molecule has 3 N–H and O–H groups in total. The van der Waals surface area contributed by atoms with Crippen molar-refractivity contribution < 1.29 is 4.79 Å². The van der Waals surface area contributed by atoms with Crippen LogP contribution in [0.4, 0.5) is 0 Å². The molecule has 0 spiro atoms. The van der Waals surface area contributed by atoms with Crippen molar-refractivity contribution >= 4 is 5.91 Å². The van der Waals surface area contributed by atoms with E-state index in [2.05, 4.69) is 25.2 Å². The first-order valence-corrected chi connectivity index (χ1v) is 6.60. The Morgan fingerprint density at radius 1 is 1.44 bits per heavy atom. The Hall–Kier alpha value is -1.35. The zero-order valence-corrected chi connectivity index (χ0v) is 11.2. The van der Waals surface area contributed by atoms with Gasteiger partial charge in [0.25, 0.3) is 0 Å². The Bertz CT molecular complexity index is 436. The van der Waals surface area contributed by atoms with E-state index in [4.69, 9.17) is 5.73 Å². The van der Waals surface area contributed by atoms with Crippen molar-refractivity contribution in [2.75, 3.05) is 6.54 Å². The van der Waals surface area contributed by atoms with Gasteiger partial charge in [-0.15, -0.1) is 0 Å². The van der Waals surface area contributed by atoms with Crippen LogP contribution in [0.3, 0.4) is 0 Å². The Kier molecular flexibility index (Phi) is 3.71. The number of amides is 1. The van der Waals surface area contributed by atoms with E-state index < -0.39 is 0 Å². The lowest BCUT2D eigenvalue weighted by atomic mass is 9.62. The topological polar surface area (TPSA) is 55.1 Å². The summed E-state index contributed by atoms with van der Waals surface area (Å²) in [6, 6.07) is 8.12. The summed E-state index contributed by atoms with van der Waals surface area (Å²) in [6.07, 6.45) is 1.84. The molecule has 0 saturated heterocycles. The van der Waals surface area contributed by atoms with Gasteiger partial charge in [0.1, 0.15) is 0 Å². The molecule has 1 aliphatic carbocycles. The molecule has 1 aromatic carbocycles. The second-order valence-corrected chi connectivity index (χ2v) is 5.61. The molecule has 2 rings (SSSR count). The predicted octanol–water partition coefficient (Wildman–Crippen LogP) is 1.99. The van der Waals surface area contributed by atoms with Crippen molar-refractivity contribution in [3.63, 3.8) is 0 Å². The summed E-state index contributed by atoms with van der Waals surface area (Å²) in [5.41, 5.74) is 7.85. The zero-order valence-electron chi connectivity index (χ0n) is 11.2. The fourth-order valence-electron chi connectivity index (χ4n) is 2.89. The maximum Gasteiger partial charge on any atom is 0.227 e. The van der Waals surface area contributed by atoms with Crippen molar-refractivity contribution in [1.29, 1.82) is 0 Å². The molecule has 1 fully saturated rings. The van der Waals surface area contributed by atoms with Crippen LogP contribution in [0.15, 0.2) is 24.3 Å². The Morgan fingerprint density at radius 3 is 2.67 bits per heavy atom. The van der Waals surface area contributed by atoms with E-state index in [1.54, 1.807) is 0 Å². The van der Waals surface area contributed by atoms with E-state index >= 15 is 0 Å². The molecule has 0 bridgehead atoms. The number of carbonyl (C=O) groups is 1. The van der Waals surface area contributed by atoms with Crippen LogP contribution in [0.2, 0.25) is 0 Å². The van der Waals surface area contributed by atoms with Crippen LogP contribution in [0, 0.1) is 18.3 Å². The lowest BCUT2D eigenvalue weighted by Gasteiger charge is -2.44. The lowest BCUT2D eigenvalue weighted by Crippen LogP contribution is -2.53. The van der Waals surface area contributed by atoms with Crippen molar-refractivity contribution in [2.24, 2.45) is 17.1 Å². The minimum absolute atomic E-state index is 0.117. The van der Waals surface area contributed by atoms with Gasteiger partial charge in [0.2, 0.25) is 5.91 Å². The molecule has 0 heterocycles. The first-order valence-electron chi connectivity index (χ1n) is 6.60. The molecule has 3 nitrogen and oxygen atoms in total. The van der Waals surface area contributed by atoms with Gasteiger partial charge in [-0.25, -0.2) is 0 Å². The van der Waals surface area contributed by atoms with Gasteiger partial charge in [-0.05, 0) is 36.8 Å². The number of nitrogens with two attached hydrogens (primary N) is 1. The van der Waals surface area contributed by atoms with E-state index in [1.807, 2.05) is 18.2 Å². The Labute approximate surface area is 109 Å². The first kappa shape index (κ1) is 13.1. The molecule has 0 unspecified atom stereocenters. The highest BCUT2D eigenvalue weighted by Crippen LogP contribution is 2.44. The smallest absolute Gasteiger partial charge is 0.227 e. The maximum atomic E-state index is 12.2. The quantitative estimate of drug-likeness (QED) is 0.853. The Morgan fingerprint density at radius 2 is 2.11 bits per heavy atom. The van der Waals surface area contributed by atoms with E-state index in [9.17, 15) is 4.79 Å². The molecular formula is C15H22N2O. The van der Waals surface area contributed by atoms with Gasteiger partial charge in [-0.2, -0.15) is 0 Å². The van der Waals surface area contributed by atoms with E-state index in [0.717, 1.165) is 12.8 Å². The third kappa shape index (κ3) is 2.41. The highest BCUT2D eigenvalue weighted by atomic mass is 16.2. The molecule has 1 aliphatic rings. The van der Waals surface area contributed by atoms with Crippen LogP contribution in [-0.4, -0.2) is 12.5 Å². The maximum absolute atomic E-state index is 12.2. The molecule has 1 amide bonds. The van der Waals surface area contributed by atoms with Crippen molar-refractivity contribution in [3.8, 4) is 0 Å². The highest BCUT2D eigenvalue weighted by molar-refractivity contribution is 5.83. The largest absolute Gasteiger partial charge is 0.351 e. The van der Waals surface area contributed by atoms with Gasteiger partial charge < -0.3 is 11.1 Å². The number of nitrogens with one attached hydrogen (secondary N) is 1. The molecular weight excluding hydrogens is 224 g/mol. The molecule has 1 saturated carbocycles. The van der Waals surface area contributed by atoms with E-state index in [0.29, 0.717) is 19.0 Å². The lowest BCUT2D eigenvalue weighted by molar-refractivity contribution is -0.138. The summed E-state index contributed by atoms with van der Waals surface area (Å²) in [7, 11) is 0. The minimum Gasteiger partial charge on any atom is -0.351 e. The second kappa shape index (κ2) is 5.11. The van der Waals surface area contributed by atoms with Gasteiger partial charge >= 0.3 is 0 Å². The molecule has 1 aromatic rings. The third-order valence-electron chi connectivity index (χ3n) is 4.05. The van der Waals surface area contributed by atoms with Crippen LogP contribution in [0.1, 0.15) is 30.9 Å². The number of rotatable bonds is 4. The number of hydrogen-bond donors (Lipinski definition) is 2. The van der Waals surface area contributed by atoms with Crippen LogP contribution in [0.5, 0.6) is 0 Å². The third-order valence-corrected chi connectivity index (χ3v) is 4.05.